The molecule has 0 bridgehead atoms. The summed E-state index contributed by atoms with van der Waals surface area (Å²) in [6, 6.07) is 7.51. The predicted molar refractivity (Wildman–Crippen MR) is 112 cm³/mol. The number of ether oxygens (including phenoxy) is 2. The lowest BCUT2D eigenvalue weighted by Crippen LogP contribution is -2.58. The molecule has 0 radical (unpaired) electrons. The van der Waals surface area contributed by atoms with E-state index in [0.29, 0.717) is 31.1 Å². The summed E-state index contributed by atoms with van der Waals surface area (Å²) in [6.45, 7) is 6.70. The van der Waals surface area contributed by atoms with Gasteiger partial charge in [-0.05, 0) is 57.8 Å². The number of piperidine rings is 1. The summed E-state index contributed by atoms with van der Waals surface area (Å²) in [4.78, 5) is 15.6. The smallest absolute Gasteiger partial charge is 0.255 e. The van der Waals surface area contributed by atoms with Crippen LogP contribution < -0.4 is 10.1 Å². The van der Waals surface area contributed by atoms with E-state index in [2.05, 4.69) is 10.2 Å². The number of carbonyl (C=O) groups excluding carboxylic acids is 1. The summed E-state index contributed by atoms with van der Waals surface area (Å²) in [5, 5.41) is 3.26. The van der Waals surface area contributed by atoms with Crippen LogP contribution in [0.1, 0.15) is 68.6 Å². The van der Waals surface area contributed by atoms with Gasteiger partial charge in [0.1, 0.15) is 12.4 Å². The third-order valence-corrected chi connectivity index (χ3v) is 6.21. The van der Waals surface area contributed by atoms with Crippen LogP contribution in [0.5, 0.6) is 5.75 Å². The molecule has 1 saturated heterocycles. The number of hydrogen-bond donors (Lipinski definition) is 1. The maximum atomic E-state index is 13.0. The molecule has 1 aliphatic heterocycles. The number of para-hydroxylation sites is 1. The fraction of sp³-hybridized carbons (Fsp3) is 0.696. The molecule has 0 atom stereocenters. The van der Waals surface area contributed by atoms with Crippen LogP contribution >= 0.6 is 0 Å². The third kappa shape index (κ3) is 5.48. The minimum atomic E-state index is -0.0334. The number of nitrogens with zero attached hydrogens (tertiary/aromatic N) is 1. The molecule has 0 aromatic heterocycles. The number of nitrogens with one attached hydrogen (secondary N) is 1. The fourth-order valence-corrected chi connectivity index (χ4v) is 4.66. The number of carbonyl (C=O) groups is 1. The molecule has 1 heterocycles. The number of benzene rings is 1. The average molecular weight is 389 g/mol. The maximum absolute atomic E-state index is 13.0. The van der Waals surface area contributed by atoms with Crippen molar-refractivity contribution in [1.29, 1.82) is 0 Å². The topological polar surface area (TPSA) is 50.8 Å². The van der Waals surface area contributed by atoms with Gasteiger partial charge in [-0.15, -0.1) is 0 Å². The SMILES string of the molecule is CCOCCOc1ccccc1C(=O)NCC1(N2CCCCC2)CCCCC1. The first-order valence-electron chi connectivity index (χ1n) is 11.1. The van der Waals surface area contributed by atoms with Crippen molar-refractivity contribution in [2.75, 3.05) is 39.5 Å². The highest BCUT2D eigenvalue weighted by molar-refractivity contribution is 5.96. The second-order valence-electron chi connectivity index (χ2n) is 8.06. The summed E-state index contributed by atoms with van der Waals surface area (Å²) in [7, 11) is 0. The number of hydrogen-bond acceptors (Lipinski definition) is 4. The molecule has 0 spiro atoms. The molecule has 1 amide bonds. The predicted octanol–water partition coefficient (Wildman–Crippen LogP) is 4.02. The largest absolute Gasteiger partial charge is 0.490 e. The van der Waals surface area contributed by atoms with Crippen molar-refractivity contribution in [1.82, 2.24) is 10.2 Å². The van der Waals surface area contributed by atoms with Gasteiger partial charge in [0.2, 0.25) is 0 Å². The molecule has 1 aromatic rings. The molecule has 1 saturated carbocycles. The molecule has 2 aliphatic rings. The summed E-state index contributed by atoms with van der Waals surface area (Å²) in [6.07, 6.45) is 10.1. The molecule has 0 unspecified atom stereocenters. The standard InChI is InChI=1S/C23H36N2O3/c1-2-27-17-18-28-21-12-6-5-11-20(21)22(26)24-19-23(13-7-3-8-14-23)25-15-9-4-10-16-25/h5-6,11-12H,2-4,7-10,13-19H2,1H3,(H,24,26). The van der Waals surface area contributed by atoms with Crippen molar-refractivity contribution in [3.63, 3.8) is 0 Å². The molecule has 5 heteroatoms. The second-order valence-corrected chi connectivity index (χ2v) is 8.06. The van der Waals surface area contributed by atoms with Gasteiger partial charge in [-0.25, -0.2) is 0 Å². The van der Waals surface area contributed by atoms with Gasteiger partial charge >= 0.3 is 0 Å². The molecular formula is C23H36N2O3. The Bertz CT molecular complexity index is 608. The van der Waals surface area contributed by atoms with Crippen LogP contribution in [0.25, 0.3) is 0 Å². The molecule has 2 fully saturated rings. The molecule has 28 heavy (non-hydrogen) atoms. The summed E-state index contributed by atoms with van der Waals surface area (Å²) >= 11 is 0. The van der Waals surface area contributed by atoms with E-state index in [1.165, 1.54) is 64.5 Å². The van der Waals surface area contributed by atoms with Gasteiger partial charge in [0, 0.05) is 18.7 Å². The zero-order valence-corrected chi connectivity index (χ0v) is 17.4. The highest BCUT2D eigenvalue weighted by Crippen LogP contribution is 2.35. The molecule has 5 nitrogen and oxygen atoms in total. The average Bonchev–Trinajstić information content (AvgIpc) is 2.77. The van der Waals surface area contributed by atoms with Crippen LogP contribution in [0.15, 0.2) is 24.3 Å². The first-order chi connectivity index (χ1) is 13.7. The van der Waals surface area contributed by atoms with Crippen molar-refractivity contribution >= 4 is 5.91 Å². The van der Waals surface area contributed by atoms with E-state index < -0.39 is 0 Å². The summed E-state index contributed by atoms with van der Waals surface area (Å²) < 4.78 is 11.1. The van der Waals surface area contributed by atoms with E-state index in [1.54, 1.807) is 0 Å². The Labute approximate surface area is 169 Å². The number of rotatable bonds is 9. The third-order valence-electron chi connectivity index (χ3n) is 6.21. The highest BCUT2D eigenvalue weighted by Gasteiger charge is 2.38. The summed E-state index contributed by atoms with van der Waals surface area (Å²) in [5.41, 5.74) is 0.752. The Morgan fingerprint density at radius 2 is 1.75 bits per heavy atom. The fourth-order valence-electron chi connectivity index (χ4n) is 4.66. The molecule has 1 aliphatic carbocycles. The zero-order valence-electron chi connectivity index (χ0n) is 17.4. The van der Waals surface area contributed by atoms with E-state index in [1.807, 2.05) is 31.2 Å². The summed E-state index contributed by atoms with van der Waals surface area (Å²) in [5.74, 6) is 0.601. The molecular weight excluding hydrogens is 352 g/mol. The van der Waals surface area contributed by atoms with Crippen molar-refractivity contribution in [2.45, 2.75) is 63.8 Å². The lowest BCUT2D eigenvalue weighted by atomic mass is 9.79. The van der Waals surface area contributed by atoms with Crippen LogP contribution in [-0.2, 0) is 4.74 Å². The van der Waals surface area contributed by atoms with Crippen LogP contribution in [0.4, 0.5) is 0 Å². The van der Waals surface area contributed by atoms with E-state index >= 15 is 0 Å². The quantitative estimate of drug-likeness (QED) is 0.649. The van der Waals surface area contributed by atoms with Crippen LogP contribution in [0.3, 0.4) is 0 Å². The van der Waals surface area contributed by atoms with E-state index in [-0.39, 0.29) is 11.4 Å². The van der Waals surface area contributed by atoms with E-state index in [4.69, 9.17) is 9.47 Å². The van der Waals surface area contributed by atoms with Gasteiger partial charge in [0.05, 0.1) is 12.2 Å². The van der Waals surface area contributed by atoms with Crippen molar-refractivity contribution < 1.29 is 14.3 Å². The minimum absolute atomic E-state index is 0.0334. The Morgan fingerprint density at radius 1 is 1.04 bits per heavy atom. The molecule has 156 valence electrons. The van der Waals surface area contributed by atoms with Crippen LogP contribution in [-0.4, -0.2) is 55.8 Å². The Hall–Kier alpha value is -1.59. The zero-order chi connectivity index (χ0) is 19.7. The van der Waals surface area contributed by atoms with Gasteiger partial charge in [0.25, 0.3) is 5.91 Å². The Kier molecular flexibility index (Phi) is 8.16. The van der Waals surface area contributed by atoms with Crippen LogP contribution in [0, 0.1) is 0 Å². The molecule has 1 aromatic carbocycles. The Balaban J connectivity index is 1.63. The van der Waals surface area contributed by atoms with Gasteiger partial charge in [0.15, 0.2) is 0 Å². The van der Waals surface area contributed by atoms with Crippen molar-refractivity contribution in [3.05, 3.63) is 29.8 Å². The van der Waals surface area contributed by atoms with Crippen molar-refractivity contribution in [2.24, 2.45) is 0 Å². The monoisotopic (exact) mass is 388 g/mol. The Morgan fingerprint density at radius 3 is 2.50 bits per heavy atom. The molecule has 3 rings (SSSR count). The van der Waals surface area contributed by atoms with Gasteiger partial charge < -0.3 is 14.8 Å². The minimum Gasteiger partial charge on any atom is -0.490 e. The highest BCUT2D eigenvalue weighted by atomic mass is 16.5. The van der Waals surface area contributed by atoms with Gasteiger partial charge in [-0.2, -0.15) is 0 Å². The number of amides is 1. The lowest BCUT2D eigenvalue weighted by Gasteiger charge is -2.48. The van der Waals surface area contributed by atoms with Gasteiger partial charge in [-0.1, -0.05) is 37.8 Å². The molecule has 1 N–H and O–H groups in total. The van der Waals surface area contributed by atoms with E-state index in [9.17, 15) is 4.79 Å². The van der Waals surface area contributed by atoms with E-state index in [0.717, 1.165) is 6.54 Å². The first-order valence-corrected chi connectivity index (χ1v) is 11.1. The van der Waals surface area contributed by atoms with Crippen molar-refractivity contribution in [3.8, 4) is 5.75 Å². The lowest BCUT2D eigenvalue weighted by molar-refractivity contribution is 0.0326. The van der Waals surface area contributed by atoms with Crippen LogP contribution in [0.2, 0.25) is 0 Å². The second kappa shape index (κ2) is 10.8. The normalized spacial score (nSPS) is 19.9. The number of likely N-dealkylation sites (tertiary alicyclic amines) is 1. The van der Waals surface area contributed by atoms with Gasteiger partial charge in [-0.3, -0.25) is 9.69 Å². The maximum Gasteiger partial charge on any atom is 0.255 e. The first kappa shape index (κ1) is 21.1.